The van der Waals surface area contributed by atoms with Crippen LogP contribution in [0.2, 0.25) is 0 Å². The normalized spacial score (nSPS) is 10.9. The van der Waals surface area contributed by atoms with Gasteiger partial charge in [-0.05, 0) is 24.6 Å². The molecule has 0 aliphatic rings. The zero-order valence-electron chi connectivity index (χ0n) is 9.36. The molecule has 17 heavy (non-hydrogen) atoms. The molecular formula is C14H11NO2. The number of fused-ring (bicyclic) bond motifs is 1. The fraction of sp³-hybridized carbons (Fsp3) is 0.0714. The molecule has 3 rings (SSSR count). The fourth-order valence-corrected chi connectivity index (χ4v) is 1.98. The van der Waals surface area contributed by atoms with Gasteiger partial charge in [-0.15, -0.1) is 0 Å². The summed E-state index contributed by atoms with van der Waals surface area (Å²) in [4.78, 5) is 15.3. The van der Waals surface area contributed by atoms with Crippen molar-refractivity contribution in [2.75, 3.05) is 0 Å². The van der Waals surface area contributed by atoms with Crippen molar-refractivity contribution in [1.29, 1.82) is 0 Å². The number of carbonyl (C=O) groups excluding carboxylic acids is 1. The summed E-state index contributed by atoms with van der Waals surface area (Å²) in [5, 5.41) is 0.946. The molecule has 0 saturated carbocycles. The number of hydrogen-bond donors (Lipinski definition) is 1. The first-order chi connectivity index (χ1) is 8.25. The number of rotatable bonds is 2. The van der Waals surface area contributed by atoms with Crippen molar-refractivity contribution in [3.05, 3.63) is 59.7 Å². The molecular weight excluding hydrogens is 214 g/mol. The highest BCUT2D eigenvalue weighted by Gasteiger charge is 2.14. The van der Waals surface area contributed by atoms with Gasteiger partial charge in [0, 0.05) is 22.7 Å². The molecule has 0 aliphatic heterocycles. The van der Waals surface area contributed by atoms with E-state index in [-0.39, 0.29) is 5.78 Å². The Hall–Kier alpha value is -2.29. The number of aryl methyl sites for hydroxylation is 1. The van der Waals surface area contributed by atoms with E-state index in [0.29, 0.717) is 11.1 Å². The minimum Gasteiger partial charge on any atom is -0.472 e. The molecule has 2 aromatic heterocycles. The van der Waals surface area contributed by atoms with Crippen LogP contribution in [-0.4, -0.2) is 10.8 Å². The number of hydrogen-bond acceptors (Lipinski definition) is 2. The Morgan fingerprint density at radius 2 is 2.18 bits per heavy atom. The number of carbonyl (C=O) groups is 1. The SMILES string of the molecule is Cc1ccc2c(C(=O)c3ccoc3)c[nH]c2c1. The van der Waals surface area contributed by atoms with Crippen LogP contribution in [0.25, 0.3) is 10.9 Å². The Labute approximate surface area is 98.1 Å². The molecule has 1 N–H and O–H groups in total. The standard InChI is InChI=1S/C14H11NO2/c1-9-2-3-11-12(7-15-13(11)6-9)14(16)10-4-5-17-8-10/h2-8,15H,1H3. The van der Waals surface area contributed by atoms with Gasteiger partial charge in [0.2, 0.25) is 0 Å². The van der Waals surface area contributed by atoms with Crippen molar-refractivity contribution < 1.29 is 9.21 Å². The average molecular weight is 225 g/mol. The van der Waals surface area contributed by atoms with Crippen molar-refractivity contribution in [2.24, 2.45) is 0 Å². The number of benzene rings is 1. The van der Waals surface area contributed by atoms with Crippen molar-refractivity contribution >= 4 is 16.7 Å². The van der Waals surface area contributed by atoms with Crippen LogP contribution in [0.1, 0.15) is 21.5 Å². The lowest BCUT2D eigenvalue weighted by atomic mass is 10.0. The van der Waals surface area contributed by atoms with E-state index in [0.717, 1.165) is 10.9 Å². The molecule has 3 heteroatoms. The van der Waals surface area contributed by atoms with Crippen LogP contribution in [-0.2, 0) is 0 Å². The largest absolute Gasteiger partial charge is 0.472 e. The molecule has 0 saturated heterocycles. The summed E-state index contributed by atoms with van der Waals surface area (Å²) in [6.07, 6.45) is 4.72. The van der Waals surface area contributed by atoms with Crippen molar-refractivity contribution in [1.82, 2.24) is 4.98 Å². The highest BCUT2D eigenvalue weighted by molar-refractivity contribution is 6.16. The predicted molar refractivity (Wildman–Crippen MR) is 65.2 cm³/mol. The Bertz CT molecular complexity index is 677. The van der Waals surface area contributed by atoms with E-state index in [4.69, 9.17) is 4.42 Å². The summed E-state index contributed by atoms with van der Waals surface area (Å²) in [5.41, 5.74) is 3.41. The number of ketones is 1. The predicted octanol–water partition coefficient (Wildman–Crippen LogP) is 3.30. The van der Waals surface area contributed by atoms with E-state index in [2.05, 4.69) is 4.98 Å². The lowest BCUT2D eigenvalue weighted by Crippen LogP contribution is -1.97. The fourth-order valence-electron chi connectivity index (χ4n) is 1.98. The van der Waals surface area contributed by atoms with E-state index in [1.165, 1.54) is 18.1 Å². The molecule has 2 heterocycles. The first kappa shape index (κ1) is 9.90. The van der Waals surface area contributed by atoms with Gasteiger partial charge in [0.05, 0.1) is 11.8 Å². The van der Waals surface area contributed by atoms with Crippen molar-refractivity contribution in [2.45, 2.75) is 6.92 Å². The van der Waals surface area contributed by atoms with Gasteiger partial charge in [0.15, 0.2) is 5.78 Å². The third kappa shape index (κ3) is 1.56. The van der Waals surface area contributed by atoms with Crippen LogP contribution in [0.15, 0.2) is 47.4 Å². The van der Waals surface area contributed by atoms with Gasteiger partial charge >= 0.3 is 0 Å². The molecule has 0 spiro atoms. The zero-order chi connectivity index (χ0) is 11.8. The van der Waals surface area contributed by atoms with Crippen LogP contribution in [0.4, 0.5) is 0 Å². The second-order valence-electron chi connectivity index (χ2n) is 4.09. The van der Waals surface area contributed by atoms with E-state index in [9.17, 15) is 4.79 Å². The topological polar surface area (TPSA) is 46.0 Å². The maximum Gasteiger partial charge on any atom is 0.198 e. The summed E-state index contributed by atoms with van der Waals surface area (Å²) >= 11 is 0. The van der Waals surface area contributed by atoms with Gasteiger partial charge in [-0.1, -0.05) is 12.1 Å². The number of H-pyrrole nitrogens is 1. The quantitative estimate of drug-likeness (QED) is 0.680. The van der Waals surface area contributed by atoms with Crippen LogP contribution in [0.5, 0.6) is 0 Å². The minimum atomic E-state index is -0.0196. The Balaban J connectivity index is 2.15. The van der Waals surface area contributed by atoms with E-state index in [1.807, 2.05) is 25.1 Å². The average Bonchev–Trinajstić information content (AvgIpc) is 2.96. The molecule has 0 radical (unpaired) electrons. The van der Waals surface area contributed by atoms with Gasteiger partial charge in [0.1, 0.15) is 6.26 Å². The molecule has 0 amide bonds. The number of aromatic nitrogens is 1. The number of nitrogens with one attached hydrogen (secondary N) is 1. The summed E-state index contributed by atoms with van der Waals surface area (Å²) in [7, 11) is 0. The first-order valence-corrected chi connectivity index (χ1v) is 5.40. The Kier molecular flexibility index (Phi) is 2.11. The van der Waals surface area contributed by atoms with Crippen molar-refractivity contribution in [3.8, 4) is 0 Å². The second kappa shape index (κ2) is 3.63. The Morgan fingerprint density at radius 1 is 1.29 bits per heavy atom. The highest BCUT2D eigenvalue weighted by atomic mass is 16.3. The summed E-state index contributed by atoms with van der Waals surface area (Å²) < 4.78 is 4.93. The number of furan rings is 1. The van der Waals surface area contributed by atoms with Crippen LogP contribution >= 0.6 is 0 Å². The molecule has 0 atom stereocenters. The molecule has 84 valence electrons. The maximum absolute atomic E-state index is 12.2. The number of aromatic amines is 1. The monoisotopic (exact) mass is 225 g/mol. The lowest BCUT2D eigenvalue weighted by Gasteiger charge is -1.96. The third-order valence-electron chi connectivity index (χ3n) is 2.87. The van der Waals surface area contributed by atoms with Gasteiger partial charge in [-0.25, -0.2) is 0 Å². The van der Waals surface area contributed by atoms with Gasteiger partial charge < -0.3 is 9.40 Å². The molecule has 0 unspecified atom stereocenters. The first-order valence-electron chi connectivity index (χ1n) is 5.40. The molecule has 3 nitrogen and oxygen atoms in total. The lowest BCUT2D eigenvalue weighted by molar-refractivity contribution is 0.103. The maximum atomic E-state index is 12.2. The summed E-state index contributed by atoms with van der Waals surface area (Å²) in [6.45, 7) is 2.03. The van der Waals surface area contributed by atoms with E-state index < -0.39 is 0 Å². The van der Waals surface area contributed by atoms with E-state index >= 15 is 0 Å². The van der Waals surface area contributed by atoms with Gasteiger partial charge in [-0.3, -0.25) is 4.79 Å². The molecule has 0 fully saturated rings. The van der Waals surface area contributed by atoms with Gasteiger partial charge in [-0.2, -0.15) is 0 Å². The molecule has 3 aromatic rings. The zero-order valence-corrected chi connectivity index (χ0v) is 9.36. The van der Waals surface area contributed by atoms with Crippen LogP contribution in [0.3, 0.4) is 0 Å². The third-order valence-corrected chi connectivity index (χ3v) is 2.87. The molecule has 0 aliphatic carbocycles. The highest BCUT2D eigenvalue weighted by Crippen LogP contribution is 2.22. The van der Waals surface area contributed by atoms with Crippen LogP contribution in [0, 0.1) is 6.92 Å². The summed E-state index contributed by atoms with van der Waals surface area (Å²) in [6, 6.07) is 7.67. The smallest absolute Gasteiger partial charge is 0.198 e. The Morgan fingerprint density at radius 3 is 2.94 bits per heavy atom. The molecule has 1 aromatic carbocycles. The van der Waals surface area contributed by atoms with Crippen molar-refractivity contribution in [3.63, 3.8) is 0 Å². The van der Waals surface area contributed by atoms with Crippen LogP contribution < -0.4 is 0 Å². The van der Waals surface area contributed by atoms with E-state index in [1.54, 1.807) is 12.3 Å². The summed E-state index contributed by atoms with van der Waals surface area (Å²) in [5.74, 6) is -0.0196. The molecule has 0 bridgehead atoms. The minimum absolute atomic E-state index is 0.0196. The second-order valence-corrected chi connectivity index (χ2v) is 4.09. The van der Waals surface area contributed by atoms with Gasteiger partial charge in [0.25, 0.3) is 0 Å².